The third kappa shape index (κ3) is 4.08. The Balaban J connectivity index is 1.76. The Morgan fingerprint density at radius 1 is 1.33 bits per heavy atom. The van der Waals surface area contributed by atoms with Crippen LogP contribution in [0, 0.1) is 13.8 Å². The van der Waals surface area contributed by atoms with Crippen LogP contribution < -0.4 is 10.6 Å². The average molecular weight is 292 g/mol. The summed E-state index contributed by atoms with van der Waals surface area (Å²) in [5, 5.41) is 6.35. The fourth-order valence-corrected chi connectivity index (χ4v) is 2.94. The van der Waals surface area contributed by atoms with Gasteiger partial charge in [0, 0.05) is 51.2 Å². The zero-order valence-electron chi connectivity index (χ0n) is 13.7. The molecule has 0 spiro atoms. The summed E-state index contributed by atoms with van der Waals surface area (Å²) in [6.07, 6.45) is 2.23. The lowest BCUT2D eigenvalue weighted by Gasteiger charge is -2.31. The Labute approximate surface area is 127 Å². The fraction of sp³-hybridized carbons (Fsp3) is 0.688. The summed E-state index contributed by atoms with van der Waals surface area (Å²) in [4.78, 5) is 13.6. The number of rotatable bonds is 5. The number of carbonyl (C=O) groups is 1. The van der Waals surface area contributed by atoms with Crippen LogP contribution in [-0.4, -0.2) is 48.1 Å². The molecule has 1 aliphatic rings. The average Bonchev–Trinajstić information content (AvgIpc) is 2.73. The predicted octanol–water partition coefficient (Wildman–Crippen LogP) is 0.942. The van der Waals surface area contributed by atoms with E-state index in [0.717, 1.165) is 32.5 Å². The fourth-order valence-electron chi connectivity index (χ4n) is 2.94. The number of hydrogen-bond donors (Lipinski definition) is 2. The van der Waals surface area contributed by atoms with Gasteiger partial charge in [0.25, 0.3) is 0 Å². The molecule has 1 fully saturated rings. The van der Waals surface area contributed by atoms with Crippen molar-refractivity contribution < 1.29 is 4.79 Å². The Bertz CT molecular complexity index is 487. The topological polar surface area (TPSA) is 49.3 Å². The van der Waals surface area contributed by atoms with Crippen LogP contribution in [0.2, 0.25) is 0 Å². The molecule has 0 saturated carbocycles. The van der Waals surface area contributed by atoms with E-state index < -0.39 is 0 Å². The molecule has 1 saturated heterocycles. The first-order chi connectivity index (χ1) is 10.0. The SMILES string of the molecule is CNC(=O)CN1CCC(NCc2cc(C)n(C)c2C)CC1. The highest BCUT2D eigenvalue weighted by atomic mass is 16.1. The molecule has 1 aliphatic heterocycles. The van der Waals surface area contributed by atoms with E-state index >= 15 is 0 Å². The van der Waals surface area contributed by atoms with Crippen LogP contribution in [0.4, 0.5) is 0 Å². The van der Waals surface area contributed by atoms with E-state index in [9.17, 15) is 4.79 Å². The van der Waals surface area contributed by atoms with Crippen LogP contribution in [-0.2, 0) is 18.4 Å². The third-order valence-electron chi connectivity index (χ3n) is 4.69. The van der Waals surface area contributed by atoms with Gasteiger partial charge in [-0.3, -0.25) is 9.69 Å². The first-order valence-corrected chi connectivity index (χ1v) is 7.79. The maximum atomic E-state index is 11.4. The highest BCUT2D eigenvalue weighted by molar-refractivity contribution is 5.77. The lowest BCUT2D eigenvalue weighted by molar-refractivity contribution is -0.122. The highest BCUT2D eigenvalue weighted by Crippen LogP contribution is 2.15. The second kappa shape index (κ2) is 7.09. The van der Waals surface area contributed by atoms with Crippen molar-refractivity contribution in [2.45, 2.75) is 39.3 Å². The third-order valence-corrected chi connectivity index (χ3v) is 4.69. The number of aryl methyl sites for hydroxylation is 1. The van der Waals surface area contributed by atoms with Gasteiger partial charge in [0.15, 0.2) is 0 Å². The molecule has 5 nitrogen and oxygen atoms in total. The molecular formula is C16H28N4O. The molecule has 2 heterocycles. The number of likely N-dealkylation sites (N-methyl/N-ethyl adjacent to an activating group) is 1. The number of nitrogens with one attached hydrogen (secondary N) is 2. The summed E-state index contributed by atoms with van der Waals surface area (Å²) in [5.74, 6) is 0.108. The van der Waals surface area contributed by atoms with Crippen LogP contribution in [0.5, 0.6) is 0 Å². The zero-order valence-corrected chi connectivity index (χ0v) is 13.7. The largest absolute Gasteiger partial charge is 0.358 e. The van der Waals surface area contributed by atoms with Crippen molar-refractivity contribution in [1.82, 2.24) is 20.1 Å². The monoisotopic (exact) mass is 292 g/mol. The van der Waals surface area contributed by atoms with Crippen molar-refractivity contribution in [3.63, 3.8) is 0 Å². The molecule has 2 N–H and O–H groups in total. The van der Waals surface area contributed by atoms with E-state index in [1.54, 1.807) is 7.05 Å². The van der Waals surface area contributed by atoms with Gasteiger partial charge in [-0.25, -0.2) is 0 Å². The molecule has 0 unspecified atom stereocenters. The molecular weight excluding hydrogens is 264 g/mol. The Kier molecular flexibility index (Phi) is 5.42. The molecule has 0 aromatic carbocycles. The molecule has 5 heteroatoms. The summed E-state index contributed by atoms with van der Waals surface area (Å²) >= 11 is 0. The van der Waals surface area contributed by atoms with Crippen molar-refractivity contribution in [2.75, 3.05) is 26.7 Å². The molecule has 0 atom stereocenters. The van der Waals surface area contributed by atoms with Crippen LogP contribution in [0.25, 0.3) is 0 Å². The molecule has 0 aliphatic carbocycles. The maximum Gasteiger partial charge on any atom is 0.233 e. The van der Waals surface area contributed by atoms with Crippen molar-refractivity contribution in [1.29, 1.82) is 0 Å². The minimum absolute atomic E-state index is 0.108. The van der Waals surface area contributed by atoms with Gasteiger partial charge >= 0.3 is 0 Å². The summed E-state index contributed by atoms with van der Waals surface area (Å²) in [6, 6.07) is 2.83. The second-order valence-electron chi connectivity index (χ2n) is 6.06. The molecule has 0 bridgehead atoms. The lowest BCUT2D eigenvalue weighted by Crippen LogP contribution is -2.45. The lowest BCUT2D eigenvalue weighted by atomic mass is 10.0. The highest BCUT2D eigenvalue weighted by Gasteiger charge is 2.20. The maximum absolute atomic E-state index is 11.4. The van der Waals surface area contributed by atoms with Gasteiger partial charge in [0.1, 0.15) is 0 Å². The first kappa shape index (κ1) is 16.0. The van der Waals surface area contributed by atoms with Gasteiger partial charge in [-0.2, -0.15) is 0 Å². The Hall–Kier alpha value is -1.33. The quantitative estimate of drug-likeness (QED) is 0.849. The van der Waals surface area contributed by atoms with E-state index in [4.69, 9.17) is 0 Å². The van der Waals surface area contributed by atoms with Crippen molar-refractivity contribution in [3.05, 3.63) is 23.0 Å². The van der Waals surface area contributed by atoms with Gasteiger partial charge in [-0.1, -0.05) is 0 Å². The van der Waals surface area contributed by atoms with E-state index in [2.05, 4.69) is 47.1 Å². The van der Waals surface area contributed by atoms with Gasteiger partial charge < -0.3 is 15.2 Å². The van der Waals surface area contributed by atoms with Crippen LogP contribution in [0.3, 0.4) is 0 Å². The summed E-state index contributed by atoms with van der Waals surface area (Å²) in [5.41, 5.74) is 4.05. The number of likely N-dealkylation sites (tertiary alicyclic amines) is 1. The Morgan fingerprint density at radius 3 is 2.52 bits per heavy atom. The summed E-state index contributed by atoms with van der Waals surface area (Å²) in [7, 11) is 3.81. The zero-order chi connectivity index (χ0) is 15.4. The number of hydrogen-bond acceptors (Lipinski definition) is 3. The van der Waals surface area contributed by atoms with Crippen molar-refractivity contribution in [3.8, 4) is 0 Å². The van der Waals surface area contributed by atoms with Crippen LogP contribution in [0.15, 0.2) is 6.07 Å². The molecule has 1 amide bonds. The smallest absolute Gasteiger partial charge is 0.233 e. The normalized spacial score (nSPS) is 17.1. The summed E-state index contributed by atoms with van der Waals surface area (Å²) in [6.45, 7) is 7.79. The molecule has 0 radical (unpaired) electrons. The standard InChI is InChI=1S/C16H28N4O/c1-12-9-14(13(2)19(12)4)10-18-15-5-7-20(8-6-15)11-16(21)17-3/h9,15,18H,5-8,10-11H2,1-4H3,(H,17,21). The molecule has 1 aromatic rings. The van der Waals surface area contributed by atoms with Crippen LogP contribution in [0.1, 0.15) is 29.8 Å². The van der Waals surface area contributed by atoms with E-state index in [0.29, 0.717) is 12.6 Å². The number of amides is 1. The van der Waals surface area contributed by atoms with Gasteiger partial charge in [0.2, 0.25) is 5.91 Å². The molecule has 118 valence electrons. The van der Waals surface area contributed by atoms with E-state index in [1.807, 2.05) is 0 Å². The number of aromatic nitrogens is 1. The molecule has 21 heavy (non-hydrogen) atoms. The predicted molar refractivity (Wildman–Crippen MR) is 85.3 cm³/mol. The van der Waals surface area contributed by atoms with E-state index in [-0.39, 0.29) is 5.91 Å². The van der Waals surface area contributed by atoms with Gasteiger partial charge in [-0.05, 0) is 38.3 Å². The minimum atomic E-state index is 0.108. The van der Waals surface area contributed by atoms with Gasteiger partial charge in [-0.15, -0.1) is 0 Å². The summed E-state index contributed by atoms with van der Waals surface area (Å²) < 4.78 is 2.24. The van der Waals surface area contributed by atoms with Crippen LogP contribution >= 0.6 is 0 Å². The minimum Gasteiger partial charge on any atom is -0.358 e. The number of piperidine rings is 1. The number of carbonyl (C=O) groups excluding carboxylic acids is 1. The molecule has 1 aromatic heterocycles. The second-order valence-corrected chi connectivity index (χ2v) is 6.06. The first-order valence-electron chi connectivity index (χ1n) is 7.79. The number of nitrogens with zero attached hydrogens (tertiary/aromatic N) is 2. The van der Waals surface area contributed by atoms with Crippen molar-refractivity contribution in [2.24, 2.45) is 7.05 Å². The van der Waals surface area contributed by atoms with Crippen molar-refractivity contribution >= 4 is 5.91 Å². The van der Waals surface area contributed by atoms with Gasteiger partial charge in [0.05, 0.1) is 6.54 Å². The van der Waals surface area contributed by atoms with E-state index in [1.165, 1.54) is 17.0 Å². The molecule has 2 rings (SSSR count). The Morgan fingerprint density at radius 2 is 2.00 bits per heavy atom.